The molecule has 0 saturated heterocycles. The topological polar surface area (TPSA) is 59.9 Å². The van der Waals surface area contributed by atoms with Crippen molar-refractivity contribution >= 4 is 23.1 Å². The minimum atomic E-state index is -0.419. The monoisotopic (exact) mass is 259 g/mol. The second kappa shape index (κ2) is 4.23. The molecule has 3 heterocycles. The van der Waals surface area contributed by atoms with Gasteiger partial charge in [-0.3, -0.25) is 8.58 Å². The molecule has 0 fully saturated rings. The summed E-state index contributed by atoms with van der Waals surface area (Å²) < 4.78 is 6.92. The Morgan fingerprint density at radius 2 is 2.28 bits per heavy atom. The predicted molar refractivity (Wildman–Crippen MR) is 66.4 cm³/mol. The van der Waals surface area contributed by atoms with Crippen LogP contribution in [0.25, 0.3) is 5.65 Å². The van der Waals surface area contributed by atoms with Gasteiger partial charge in [-0.15, -0.1) is 0 Å². The molecule has 0 aromatic carbocycles. The molecule has 0 N–H and O–H groups in total. The van der Waals surface area contributed by atoms with Gasteiger partial charge < -0.3 is 4.42 Å². The lowest BCUT2D eigenvalue weighted by Gasteiger charge is -1.93. The molecular formula is C12H9N3O2S. The Morgan fingerprint density at radius 1 is 1.39 bits per heavy atom. The fraction of sp³-hybridized carbons (Fsp3) is 0.0833. The number of furan rings is 1. The highest BCUT2D eigenvalue weighted by molar-refractivity contribution is 7.03. The van der Waals surface area contributed by atoms with Crippen LogP contribution in [0.4, 0.5) is 0 Å². The largest absolute Gasteiger partial charge is 0.459 e. The smallest absolute Gasteiger partial charge is 0.315 e. The van der Waals surface area contributed by atoms with Crippen molar-refractivity contribution in [2.75, 3.05) is 0 Å². The van der Waals surface area contributed by atoms with Gasteiger partial charge in [0.05, 0.1) is 6.26 Å². The minimum Gasteiger partial charge on any atom is -0.459 e. The van der Waals surface area contributed by atoms with E-state index in [-0.39, 0.29) is 5.76 Å². The van der Waals surface area contributed by atoms with Crippen LogP contribution in [0.5, 0.6) is 0 Å². The second-order valence-corrected chi connectivity index (χ2v) is 4.61. The Hall–Kier alpha value is -2.21. The van der Waals surface area contributed by atoms with Gasteiger partial charge in [0.2, 0.25) is 4.80 Å². The Balaban J connectivity index is 2.10. The van der Waals surface area contributed by atoms with E-state index in [9.17, 15) is 4.79 Å². The van der Waals surface area contributed by atoms with Crippen LogP contribution in [-0.2, 0) is 0 Å². The maximum absolute atomic E-state index is 11.7. The maximum Gasteiger partial charge on any atom is 0.315 e. The normalized spacial score (nSPS) is 12.2. The molecule has 0 saturated carbocycles. The molecule has 5 nitrogen and oxygen atoms in total. The van der Waals surface area contributed by atoms with Gasteiger partial charge in [0.15, 0.2) is 5.76 Å². The number of hydrogen-bond donors (Lipinski definition) is 0. The van der Waals surface area contributed by atoms with Gasteiger partial charge in [0, 0.05) is 5.69 Å². The standard InChI is InChI=1S/C12H9N3O2S/c1-8-4-2-6-10-13-12(18-15(8)10)14-11(16)9-5-3-7-17-9/h2-7H,1H3. The van der Waals surface area contributed by atoms with Crippen molar-refractivity contribution in [2.24, 2.45) is 4.99 Å². The molecule has 0 aliphatic heterocycles. The summed E-state index contributed by atoms with van der Waals surface area (Å²) in [5, 5.41) is 0. The fourth-order valence-electron chi connectivity index (χ4n) is 1.58. The van der Waals surface area contributed by atoms with Crippen LogP contribution in [0, 0.1) is 6.92 Å². The van der Waals surface area contributed by atoms with Gasteiger partial charge >= 0.3 is 5.91 Å². The molecule has 6 heteroatoms. The first-order valence-electron chi connectivity index (χ1n) is 5.32. The summed E-state index contributed by atoms with van der Waals surface area (Å²) in [7, 11) is 0. The number of carbonyl (C=O) groups excluding carboxylic acids is 1. The Kier molecular flexibility index (Phi) is 2.56. The average Bonchev–Trinajstić information content (AvgIpc) is 2.97. The van der Waals surface area contributed by atoms with Crippen LogP contribution in [0.3, 0.4) is 0 Å². The van der Waals surface area contributed by atoms with Crippen LogP contribution in [0.15, 0.2) is 46.0 Å². The lowest BCUT2D eigenvalue weighted by atomic mass is 10.4. The van der Waals surface area contributed by atoms with Gasteiger partial charge in [-0.1, -0.05) is 6.07 Å². The first-order chi connectivity index (χ1) is 8.74. The van der Waals surface area contributed by atoms with E-state index in [2.05, 4.69) is 9.98 Å². The molecule has 1 amide bonds. The number of hydrogen-bond acceptors (Lipinski definition) is 4. The first-order valence-corrected chi connectivity index (χ1v) is 6.10. The van der Waals surface area contributed by atoms with Gasteiger partial charge in [0.1, 0.15) is 5.65 Å². The molecule has 3 aromatic heterocycles. The van der Waals surface area contributed by atoms with Gasteiger partial charge in [-0.25, -0.2) is 0 Å². The van der Waals surface area contributed by atoms with E-state index in [1.54, 1.807) is 12.1 Å². The quantitative estimate of drug-likeness (QED) is 0.672. The summed E-state index contributed by atoms with van der Waals surface area (Å²) in [6, 6.07) is 9.00. The lowest BCUT2D eigenvalue weighted by molar-refractivity contribution is 0.0972. The molecule has 90 valence electrons. The fourth-order valence-corrected chi connectivity index (χ4v) is 2.40. The number of carbonyl (C=O) groups is 1. The van der Waals surface area contributed by atoms with Crippen LogP contribution < -0.4 is 4.80 Å². The number of pyridine rings is 1. The van der Waals surface area contributed by atoms with Crippen molar-refractivity contribution in [2.45, 2.75) is 6.92 Å². The molecule has 0 unspecified atom stereocenters. The summed E-state index contributed by atoms with van der Waals surface area (Å²) >= 11 is 1.33. The van der Waals surface area contributed by atoms with Crippen LogP contribution in [0.1, 0.15) is 16.2 Å². The molecule has 0 bridgehead atoms. The van der Waals surface area contributed by atoms with E-state index in [1.807, 2.05) is 28.9 Å². The Labute approximate surface area is 106 Å². The van der Waals surface area contributed by atoms with Gasteiger partial charge in [-0.2, -0.15) is 9.98 Å². The summed E-state index contributed by atoms with van der Waals surface area (Å²) in [5.41, 5.74) is 1.84. The highest BCUT2D eigenvalue weighted by Crippen LogP contribution is 2.06. The van der Waals surface area contributed by atoms with Crippen molar-refractivity contribution < 1.29 is 9.21 Å². The number of amides is 1. The van der Waals surface area contributed by atoms with Crippen molar-refractivity contribution in [3.63, 3.8) is 0 Å². The molecule has 3 rings (SSSR count). The van der Waals surface area contributed by atoms with E-state index in [0.717, 1.165) is 11.3 Å². The number of rotatable bonds is 1. The minimum absolute atomic E-state index is 0.218. The molecule has 0 aliphatic carbocycles. The van der Waals surface area contributed by atoms with E-state index in [4.69, 9.17) is 4.42 Å². The number of fused-ring (bicyclic) bond motifs is 1. The Bertz CT molecular complexity index is 768. The van der Waals surface area contributed by atoms with E-state index in [0.29, 0.717) is 4.80 Å². The molecule has 3 aromatic rings. The highest BCUT2D eigenvalue weighted by Gasteiger charge is 2.07. The zero-order chi connectivity index (χ0) is 12.5. The number of aryl methyl sites for hydroxylation is 1. The number of nitrogens with zero attached hydrogens (tertiary/aromatic N) is 3. The molecule has 0 radical (unpaired) electrons. The second-order valence-electron chi connectivity index (χ2n) is 3.70. The van der Waals surface area contributed by atoms with Gasteiger partial charge in [0.25, 0.3) is 0 Å². The molecular weight excluding hydrogens is 250 g/mol. The van der Waals surface area contributed by atoms with Crippen LogP contribution in [-0.4, -0.2) is 14.7 Å². The third-order valence-corrected chi connectivity index (χ3v) is 3.43. The molecule has 0 aliphatic rings. The van der Waals surface area contributed by atoms with E-state index >= 15 is 0 Å². The van der Waals surface area contributed by atoms with Gasteiger partial charge in [-0.05, 0) is 42.7 Å². The highest BCUT2D eigenvalue weighted by atomic mass is 32.1. The van der Waals surface area contributed by atoms with E-state index < -0.39 is 5.91 Å². The summed E-state index contributed by atoms with van der Waals surface area (Å²) in [5.74, 6) is -0.201. The first kappa shape index (κ1) is 10.9. The average molecular weight is 259 g/mol. The summed E-state index contributed by atoms with van der Waals surface area (Å²) in [4.78, 5) is 20.4. The van der Waals surface area contributed by atoms with Crippen molar-refractivity contribution in [1.82, 2.24) is 8.77 Å². The van der Waals surface area contributed by atoms with Crippen molar-refractivity contribution in [1.29, 1.82) is 0 Å². The maximum atomic E-state index is 11.7. The number of aromatic nitrogens is 2. The third-order valence-electron chi connectivity index (χ3n) is 2.42. The summed E-state index contributed by atoms with van der Waals surface area (Å²) in [6.07, 6.45) is 1.44. The zero-order valence-corrected chi connectivity index (χ0v) is 10.3. The zero-order valence-electron chi connectivity index (χ0n) is 9.53. The van der Waals surface area contributed by atoms with Crippen molar-refractivity contribution in [3.8, 4) is 0 Å². The Morgan fingerprint density at radius 3 is 3.00 bits per heavy atom. The molecule has 0 spiro atoms. The predicted octanol–water partition coefficient (Wildman–Crippen LogP) is 2.04. The molecule has 18 heavy (non-hydrogen) atoms. The van der Waals surface area contributed by atoms with E-state index in [1.165, 1.54) is 17.8 Å². The lowest BCUT2D eigenvalue weighted by Crippen LogP contribution is -2.03. The SMILES string of the molecule is Cc1cccc2nc(=NC(=O)c3ccco3)sn12. The van der Waals surface area contributed by atoms with Crippen LogP contribution in [0.2, 0.25) is 0 Å². The van der Waals surface area contributed by atoms with Crippen LogP contribution >= 0.6 is 11.5 Å². The summed E-state index contributed by atoms with van der Waals surface area (Å²) in [6.45, 7) is 1.98. The third kappa shape index (κ3) is 1.86. The molecule has 0 atom stereocenters. The van der Waals surface area contributed by atoms with Crippen molar-refractivity contribution in [3.05, 3.63) is 52.9 Å².